The molecule has 3 heteroatoms. The highest BCUT2D eigenvalue weighted by atomic mass is 15.3. The summed E-state index contributed by atoms with van der Waals surface area (Å²) in [6.45, 7) is 13.6. The normalized spacial score (nSPS) is 29.8. The molecule has 1 rings (SSSR count). The second-order valence-electron chi connectivity index (χ2n) is 6.31. The van der Waals surface area contributed by atoms with E-state index in [0.29, 0.717) is 18.0 Å². The van der Waals surface area contributed by atoms with E-state index in [-0.39, 0.29) is 0 Å². The van der Waals surface area contributed by atoms with Crippen LogP contribution in [0.4, 0.5) is 0 Å². The van der Waals surface area contributed by atoms with E-state index < -0.39 is 0 Å². The smallest absolute Gasteiger partial charge is 0.0195 e. The van der Waals surface area contributed by atoms with Gasteiger partial charge < -0.3 is 5.73 Å². The molecule has 0 saturated carbocycles. The van der Waals surface area contributed by atoms with Crippen LogP contribution < -0.4 is 5.73 Å². The third kappa shape index (κ3) is 4.57. The van der Waals surface area contributed by atoms with Gasteiger partial charge in [0.05, 0.1) is 0 Å². The number of nitrogens with zero attached hydrogens (tertiary/aromatic N) is 2. The van der Waals surface area contributed by atoms with Gasteiger partial charge in [0.2, 0.25) is 0 Å². The first-order valence-electron chi connectivity index (χ1n) is 7.08. The lowest BCUT2D eigenvalue weighted by molar-refractivity contribution is 0.0494. The monoisotopic (exact) mass is 241 g/mol. The Bertz CT molecular complexity index is 206. The average Bonchev–Trinajstić information content (AvgIpc) is 2.24. The highest BCUT2D eigenvalue weighted by molar-refractivity contribution is 4.84. The molecule has 0 aromatic heterocycles. The van der Waals surface area contributed by atoms with E-state index in [1.807, 2.05) is 0 Å². The molecule has 1 aliphatic heterocycles. The maximum atomic E-state index is 5.90. The van der Waals surface area contributed by atoms with Crippen LogP contribution in [0.1, 0.15) is 34.1 Å². The number of nitrogens with two attached hydrogens (primary N) is 1. The lowest BCUT2D eigenvalue weighted by Gasteiger charge is -2.43. The van der Waals surface area contributed by atoms with Crippen molar-refractivity contribution in [1.82, 2.24) is 9.80 Å². The van der Waals surface area contributed by atoms with Gasteiger partial charge in [-0.2, -0.15) is 0 Å². The van der Waals surface area contributed by atoms with E-state index in [4.69, 9.17) is 5.73 Å². The lowest BCUT2D eigenvalue weighted by Crippen LogP contribution is -2.56. The molecule has 1 fully saturated rings. The zero-order chi connectivity index (χ0) is 13.0. The van der Waals surface area contributed by atoms with Crippen molar-refractivity contribution in [2.75, 3.05) is 33.2 Å². The van der Waals surface area contributed by atoms with Crippen molar-refractivity contribution in [3.63, 3.8) is 0 Å². The topological polar surface area (TPSA) is 32.5 Å². The van der Waals surface area contributed by atoms with Crippen molar-refractivity contribution in [3.05, 3.63) is 0 Å². The molecule has 1 saturated heterocycles. The second kappa shape index (κ2) is 6.72. The fourth-order valence-corrected chi connectivity index (χ4v) is 2.94. The van der Waals surface area contributed by atoms with Crippen LogP contribution in [-0.2, 0) is 0 Å². The van der Waals surface area contributed by atoms with Gasteiger partial charge >= 0.3 is 0 Å². The van der Waals surface area contributed by atoms with Crippen molar-refractivity contribution in [1.29, 1.82) is 0 Å². The molecule has 0 radical (unpaired) electrons. The molecule has 0 spiro atoms. The zero-order valence-electron chi connectivity index (χ0n) is 12.3. The third-order valence-electron chi connectivity index (χ3n) is 4.09. The molecule has 102 valence electrons. The number of likely N-dealkylation sites (N-methyl/N-ethyl adjacent to an activating group) is 1. The molecule has 0 aromatic carbocycles. The van der Waals surface area contributed by atoms with E-state index in [9.17, 15) is 0 Å². The highest BCUT2D eigenvalue weighted by Crippen LogP contribution is 2.17. The van der Waals surface area contributed by atoms with Gasteiger partial charge in [0.1, 0.15) is 0 Å². The quantitative estimate of drug-likeness (QED) is 0.794. The summed E-state index contributed by atoms with van der Waals surface area (Å²) >= 11 is 0. The average molecular weight is 241 g/mol. The molecule has 3 atom stereocenters. The van der Waals surface area contributed by atoms with E-state index in [2.05, 4.69) is 44.5 Å². The van der Waals surface area contributed by atoms with Gasteiger partial charge in [0.25, 0.3) is 0 Å². The molecule has 17 heavy (non-hydrogen) atoms. The Kier molecular flexibility index (Phi) is 5.90. The Morgan fingerprint density at radius 2 is 1.71 bits per heavy atom. The van der Waals surface area contributed by atoms with Crippen molar-refractivity contribution in [2.45, 2.75) is 46.2 Å². The molecule has 2 N–H and O–H groups in total. The number of piperazine rings is 1. The molecule has 0 amide bonds. The van der Waals surface area contributed by atoms with Crippen LogP contribution in [0.15, 0.2) is 0 Å². The van der Waals surface area contributed by atoms with E-state index in [1.165, 1.54) is 26.1 Å². The summed E-state index contributed by atoms with van der Waals surface area (Å²) in [4.78, 5) is 5.09. The van der Waals surface area contributed by atoms with Crippen LogP contribution in [0.25, 0.3) is 0 Å². The predicted octanol–water partition coefficient (Wildman–Crippen LogP) is 1.63. The SMILES string of the molecule is CC(C)CC(CN)CN1CC(C)N(C)C(C)C1. The largest absolute Gasteiger partial charge is 0.330 e. The van der Waals surface area contributed by atoms with Crippen molar-refractivity contribution < 1.29 is 0 Å². The summed E-state index contributed by atoms with van der Waals surface area (Å²) in [6.07, 6.45) is 1.26. The molecule has 1 aliphatic rings. The fraction of sp³-hybridized carbons (Fsp3) is 1.00. The van der Waals surface area contributed by atoms with Crippen LogP contribution in [0.5, 0.6) is 0 Å². The summed E-state index contributed by atoms with van der Waals surface area (Å²) in [5.74, 6) is 1.42. The van der Waals surface area contributed by atoms with Gasteiger partial charge in [-0.05, 0) is 45.7 Å². The van der Waals surface area contributed by atoms with Gasteiger partial charge in [-0.3, -0.25) is 9.80 Å². The molecular weight excluding hydrogens is 210 g/mol. The van der Waals surface area contributed by atoms with Crippen LogP contribution in [0.2, 0.25) is 0 Å². The molecule has 0 aliphatic carbocycles. The fourth-order valence-electron chi connectivity index (χ4n) is 2.94. The van der Waals surface area contributed by atoms with Gasteiger partial charge in [-0.1, -0.05) is 13.8 Å². The maximum absolute atomic E-state index is 5.90. The Balaban J connectivity index is 2.45. The van der Waals surface area contributed by atoms with Gasteiger partial charge in [0.15, 0.2) is 0 Å². The van der Waals surface area contributed by atoms with E-state index >= 15 is 0 Å². The minimum atomic E-state index is 0.663. The standard InChI is InChI=1S/C14H31N3/c1-11(2)6-14(7-15)10-17-8-12(3)16(5)13(4)9-17/h11-14H,6-10,15H2,1-5H3. The van der Waals surface area contributed by atoms with Gasteiger partial charge in [-0.15, -0.1) is 0 Å². The highest BCUT2D eigenvalue weighted by Gasteiger charge is 2.27. The summed E-state index contributed by atoms with van der Waals surface area (Å²) in [7, 11) is 2.24. The molecule has 3 nitrogen and oxygen atoms in total. The molecule has 0 bridgehead atoms. The Morgan fingerprint density at radius 1 is 1.18 bits per heavy atom. The first-order valence-corrected chi connectivity index (χ1v) is 7.08. The molecule has 1 heterocycles. The number of rotatable bonds is 5. The predicted molar refractivity (Wildman–Crippen MR) is 75.1 cm³/mol. The van der Waals surface area contributed by atoms with Crippen LogP contribution in [0, 0.1) is 11.8 Å². The minimum absolute atomic E-state index is 0.663. The summed E-state index contributed by atoms with van der Waals surface area (Å²) in [5.41, 5.74) is 5.90. The zero-order valence-corrected chi connectivity index (χ0v) is 12.3. The lowest BCUT2D eigenvalue weighted by atomic mass is 9.95. The minimum Gasteiger partial charge on any atom is -0.330 e. The van der Waals surface area contributed by atoms with Crippen molar-refractivity contribution >= 4 is 0 Å². The first kappa shape index (κ1) is 14.9. The van der Waals surface area contributed by atoms with Crippen molar-refractivity contribution in [3.8, 4) is 0 Å². The van der Waals surface area contributed by atoms with Crippen LogP contribution in [0.3, 0.4) is 0 Å². The number of hydrogen-bond donors (Lipinski definition) is 1. The summed E-state index contributed by atoms with van der Waals surface area (Å²) < 4.78 is 0. The van der Waals surface area contributed by atoms with Gasteiger partial charge in [-0.25, -0.2) is 0 Å². The first-order chi connectivity index (χ1) is 7.93. The third-order valence-corrected chi connectivity index (χ3v) is 4.09. The molecule has 0 aromatic rings. The molecule has 3 unspecified atom stereocenters. The summed E-state index contributed by atoms with van der Waals surface area (Å²) in [5, 5.41) is 0. The Morgan fingerprint density at radius 3 is 2.12 bits per heavy atom. The maximum Gasteiger partial charge on any atom is 0.0195 e. The summed E-state index contributed by atoms with van der Waals surface area (Å²) in [6, 6.07) is 1.33. The second-order valence-corrected chi connectivity index (χ2v) is 6.31. The van der Waals surface area contributed by atoms with Gasteiger partial charge in [0, 0.05) is 31.7 Å². The van der Waals surface area contributed by atoms with E-state index in [1.54, 1.807) is 0 Å². The van der Waals surface area contributed by atoms with E-state index in [0.717, 1.165) is 12.5 Å². The Hall–Kier alpha value is -0.120. The van der Waals surface area contributed by atoms with Crippen LogP contribution in [-0.4, -0.2) is 55.1 Å². The Labute approximate surface area is 107 Å². The van der Waals surface area contributed by atoms with Crippen molar-refractivity contribution in [2.24, 2.45) is 17.6 Å². The molecular formula is C14H31N3. The number of hydrogen-bond acceptors (Lipinski definition) is 3. The van der Waals surface area contributed by atoms with Crippen LogP contribution >= 0.6 is 0 Å².